The number of aromatic nitrogens is 2. The van der Waals surface area contributed by atoms with Gasteiger partial charge in [-0.3, -0.25) is 4.79 Å². The number of nitrogens with one attached hydrogen (secondary N) is 1. The van der Waals surface area contributed by atoms with Crippen LogP contribution in [-0.2, 0) is 17.8 Å². The van der Waals surface area contributed by atoms with Gasteiger partial charge in [0, 0.05) is 23.6 Å². The molecule has 0 aliphatic carbocycles. The molecule has 3 N–H and O–H groups in total. The zero-order chi connectivity index (χ0) is 13.2. The Hall–Kier alpha value is -1.99. The molecule has 1 amide bonds. The summed E-state index contributed by atoms with van der Waals surface area (Å²) in [5.74, 6) is 5.51. The first-order valence-corrected chi connectivity index (χ1v) is 6.73. The fraction of sp³-hybridized carbons (Fsp3) is 0.250. The molecular formula is C12H13N5OS. The molecule has 0 radical (unpaired) electrons. The van der Waals surface area contributed by atoms with Crippen molar-refractivity contribution in [1.82, 2.24) is 9.59 Å². The number of hydrazine groups is 1. The standard InChI is InChI=1S/C12H13N5OS/c13-14-12-9(15-16-19-12)7-17-10-4-2-1-3-8(10)5-6-11(17)18/h1-4,14H,5-7,13H2. The maximum absolute atomic E-state index is 12.1. The Morgan fingerprint density at radius 1 is 1.37 bits per heavy atom. The van der Waals surface area contributed by atoms with E-state index >= 15 is 0 Å². The Morgan fingerprint density at radius 2 is 2.21 bits per heavy atom. The Morgan fingerprint density at radius 3 is 3.05 bits per heavy atom. The molecule has 2 aromatic rings. The normalized spacial score (nSPS) is 14.4. The predicted molar refractivity (Wildman–Crippen MR) is 73.7 cm³/mol. The van der Waals surface area contributed by atoms with Crippen molar-refractivity contribution in [3.05, 3.63) is 35.5 Å². The van der Waals surface area contributed by atoms with E-state index in [0.29, 0.717) is 23.7 Å². The van der Waals surface area contributed by atoms with Crippen LogP contribution in [0.5, 0.6) is 0 Å². The third-order valence-corrected chi connectivity index (χ3v) is 3.89. The zero-order valence-corrected chi connectivity index (χ0v) is 11.0. The molecule has 0 saturated carbocycles. The van der Waals surface area contributed by atoms with Crippen molar-refractivity contribution in [1.29, 1.82) is 0 Å². The summed E-state index contributed by atoms with van der Waals surface area (Å²) < 4.78 is 3.85. The van der Waals surface area contributed by atoms with Crippen molar-refractivity contribution in [2.24, 2.45) is 5.84 Å². The number of hydrogen-bond donors (Lipinski definition) is 2. The molecule has 98 valence electrons. The number of aryl methyl sites for hydroxylation is 1. The minimum Gasteiger partial charge on any atom is -0.313 e. The fourth-order valence-corrected chi connectivity index (χ4v) is 2.73. The van der Waals surface area contributed by atoms with E-state index in [1.54, 1.807) is 4.90 Å². The Labute approximate surface area is 114 Å². The second-order valence-corrected chi connectivity index (χ2v) is 5.06. The van der Waals surface area contributed by atoms with Gasteiger partial charge in [-0.15, -0.1) is 5.10 Å². The lowest BCUT2D eigenvalue weighted by Gasteiger charge is -2.28. The first-order chi connectivity index (χ1) is 9.29. The van der Waals surface area contributed by atoms with Gasteiger partial charge in [-0.2, -0.15) is 0 Å². The predicted octanol–water partition coefficient (Wildman–Crippen LogP) is 1.30. The lowest BCUT2D eigenvalue weighted by Crippen LogP contribution is -2.34. The molecular weight excluding hydrogens is 262 g/mol. The van der Waals surface area contributed by atoms with Crippen LogP contribution in [0.3, 0.4) is 0 Å². The van der Waals surface area contributed by atoms with E-state index in [0.717, 1.165) is 12.1 Å². The summed E-state index contributed by atoms with van der Waals surface area (Å²) in [5, 5.41) is 4.71. The van der Waals surface area contributed by atoms with Crippen molar-refractivity contribution >= 4 is 28.1 Å². The van der Waals surface area contributed by atoms with Gasteiger partial charge in [0.2, 0.25) is 5.91 Å². The summed E-state index contributed by atoms with van der Waals surface area (Å²) in [5.41, 5.74) is 5.39. The average molecular weight is 275 g/mol. The van der Waals surface area contributed by atoms with Crippen LogP contribution in [0.15, 0.2) is 24.3 Å². The Balaban J connectivity index is 1.94. The highest BCUT2D eigenvalue weighted by Crippen LogP contribution is 2.30. The van der Waals surface area contributed by atoms with Gasteiger partial charge in [-0.05, 0) is 18.1 Å². The number of hydrogen-bond acceptors (Lipinski definition) is 6. The highest BCUT2D eigenvalue weighted by molar-refractivity contribution is 7.10. The highest BCUT2D eigenvalue weighted by atomic mass is 32.1. The molecule has 7 heteroatoms. The Bertz CT molecular complexity index is 612. The second kappa shape index (κ2) is 4.94. The first-order valence-electron chi connectivity index (χ1n) is 5.95. The maximum Gasteiger partial charge on any atom is 0.227 e. The van der Waals surface area contributed by atoms with E-state index in [1.165, 1.54) is 17.1 Å². The van der Waals surface area contributed by atoms with Gasteiger partial charge in [0.25, 0.3) is 0 Å². The summed E-state index contributed by atoms with van der Waals surface area (Å²) in [6, 6.07) is 7.94. The SMILES string of the molecule is NNc1snnc1CN1C(=O)CCc2ccccc21. The van der Waals surface area contributed by atoms with Crippen molar-refractivity contribution in [3.63, 3.8) is 0 Å². The zero-order valence-electron chi connectivity index (χ0n) is 10.2. The van der Waals surface area contributed by atoms with Crippen molar-refractivity contribution in [3.8, 4) is 0 Å². The van der Waals surface area contributed by atoms with Gasteiger partial charge in [0.15, 0.2) is 0 Å². The van der Waals surface area contributed by atoms with Crippen LogP contribution < -0.4 is 16.2 Å². The largest absolute Gasteiger partial charge is 0.313 e. The lowest BCUT2D eigenvalue weighted by molar-refractivity contribution is -0.119. The number of amides is 1. The molecule has 19 heavy (non-hydrogen) atoms. The molecule has 0 saturated heterocycles. The van der Waals surface area contributed by atoms with Gasteiger partial charge >= 0.3 is 0 Å². The number of rotatable bonds is 3. The van der Waals surface area contributed by atoms with E-state index in [1.807, 2.05) is 18.2 Å². The molecule has 0 atom stereocenters. The molecule has 1 aromatic carbocycles. The average Bonchev–Trinajstić information content (AvgIpc) is 2.89. The number of carbonyl (C=O) groups is 1. The van der Waals surface area contributed by atoms with E-state index in [-0.39, 0.29) is 5.91 Å². The first kappa shape index (κ1) is 12.1. The molecule has 0 fully saturated rings. The molecule has 1 aliphatic rings. The number of carbonyl (C=O) groups excluding carboxylic acids is 1. The number of para-hydroxylation sites is 1. The Kier molecular flexibility index (Phi) is 3.14. The molecule has 3 rings (SSSR count). The molecule has 0 unspecified atom stereocenters. The minimum absolute atomic E-state index is 0.106. The van der Waals surface area contributed by atoms with Gasteiger partial charge in [0.1, 0.15) is 10.7 Å². The highest BCUT2D eigenvalue weighted by Gasteiger charge is 2.25. The van der Waals surface area contributed by atoms with Crippen LogP contribution >= 0.6 is 11.5 Å². The number of nitrogens with zero attached hydrogens (tertiary/aromatic N) is 3. The van der Waals surface area contributed by atoms with Crippen molar-refractivity contribution in [2.75, 3.05) is 10.3 Å². The third kappa shape index (κ3) is 2.18. The van der Waals surface area contributed by atoms with Gasteiger partial charge < -0.3 is 10.3 Å². The maximum atomic E-state index is 12.1. The lowest BCUT2D eigenvalue weighted by atomic mass is 10.0. The van der Waals surface area contributed by atoms with E-state index in [4.69, 9.17) is 5.84 Å². The van der Waals surface area contributed by atoms with Crippen LogP contribution in [0.25, 0.3) is 0 Å². The summed E-state index contributed by atoms with van der Waals surface area (Å²) in [6.07, 6.45) is 1.32. The van der Waals surface area contributed by atoms with Crippen molar-refractivity contribution in [2.45, 2.75) is 19.4 Å². The van der Waals surface area contributed by atoms with Crippen LogP contribution in [0, 0.1) is 0 Å². The number of benzene rings is 1. The topological polar surface area (TPSA) is 84.1 Å². The molecule has 0 spiro atoms. The van der Waals surface area contributed by atoms with Crippen LogP contribution in [0.4, 0.5) is 10.7 Å². The van der Waals surface area contributed by atoms with Crippen LogP contribution in [-0.4, -0.2) is 15.5 Å². The summed E-state index contributed by atoms with van der Waals surface area (Å²) in [7, 11) is 0. The fourth-order valence-electron chi connectivity index (χ4n) is 2.24. The van der Waals surface area contributed by atoms with Crippen LogP contribution in [0.1, 0.15) is 17.7 Å². The molecule has 6 nitrogen and oxygen atoms in total. The summed E-state index contributed by atoms with van der Waals surface area (Å²) >= 11 is 1.19. The van der Waals surface area contributed by atoms with Crippen LogP contribution in [0.2, 0.25) is 0 Å². The van der Waals surface area contributed by atoms with E-state index in [9.17, 15) is 4.79 Å². The number of nitrogen functional groups attached to an aromatic ring is 1. The van der Waals surface area contributed by atoms with Gasteiger partial charge in [-0.1, -0.05) is 22.7 Å². The third-order valence-electron chi connectivity index (χ3n) is 3.19. The van der Waals surface area contributed by atoms with Gasteiger partial charge in [-0.25, -0.2) is 5.84 Å². The quantitative estimate of drug-likeness (QED) is 0.651. The number of fused-ring (bicyclic) bond motifs is 1. The number of nitrogens with two attached hydrogens (primary N) is 1. The monoisotopic (exact) mass is 275 g/mol. The smallest absolute Gasteiger partial charge is 0.227 e. The molecule has 2 heterocycles. The van der Waals surface area contributed by atoms with Crippen molar-refractivity contribution < 1.29 is 4.79 Å². The molecule has 1 aliphatic heterocycles. The van der Waals surface area contributed by atoms with E-state index in [2.05, 4.69) is 21.1 Å². The summed E-state index contributed by atoms with van der Waals surface area (Å²) in [6.45, 7) is 0.395. The summed E-state index contributed by atoms with van der Waals surface area (Å²) in [4.78, 5) is 13.9. The number of anilines is 2. The molecule has 1 aromatic heterocycles. The minimum atomic E-state index is 0.106. The van der Waals surface area contributed by atoms with Gasteiger partial charge in [0.05, 0.1) is 6.54 Å². The van der Waals surface area contributed by atoms with E-state index < -0.39 is 0 Å². The second-order valence-electron chi connectivity index (χ2n) is 4.30. The molecule has 0 bridgehead atoms.